The quantitative estimate of drug-likeness (QED) is 0.135. The van der Waals surface area contributed by atoms with E-state index in [2.05, 4.69) is 0 Å². The second-order valence-electron chi connectivity index (χ2n) is 9.97. The van der Waals surface area contributed by atoms with Crippen molar-refractivity contribution in [2.75, 3.05) is 13.2 Å². The van der Waals surface area contributed by atoms with Crippen LogP contribution in [0.1, 0.15) is 0 Å². The van der Waals surface area contributed by atoms with Crippen LogP contribution >= 0.6 is 0 Å². The molecule has 0 saturated carbocycles. The number of ether oxygens (including phenoxy) is 4. The van der Waals surface area contributed by atoms with Crippen molar-refractivity contribution in [2.45, 2.75) is 61.4 Å². The second kappa shape index (κ2) is 12.1. The van der Waals surface area contributed by atoms with Gasteiger partial charge in [-0.1, -0.05) is 0 Å². The second-order valence-corrected chi connectivity index (χ2v) is 9.97. The Morgan fingerprint density at radius 2 is 1.14 bits per heavy atom. The van der Waals surface area contributed by atoms with Crippen LogP contribution in [0, 0.1) is 0 Å². The molecule has 3 heterocycles. The first-order valence-corrected chi connectivity index (χ1v) is 12.9. The van der Waals surface area contributed by atoms with Gasteiger partial charge in [-0.2, -0.15) is 0 Å². The van der Waals surface area contributed by atoms with Crippen LogP contribution in [-0.2, 0) is 9.47 Å². The molecule has 2 aliphatic heterocycles. The Kier molecular flexibility index (Phi) is 8.68. The first-order valence-electron chi connectivity index (χ1n) is 12.9. The highest BCUT2D eigenvalue weighted by Gasteiger charge is 2.47. The van der Waals surface area contributed by atoms with Crippen molar-refractivity contribution in [3.63, 3.8) is 0 Å². The minimum Gasteiger partial charge on any atom is -0.508 e. The van der Waals surface area contributed by atoms with Gasteiger partial charge in [0.25, 0.3) is 0 Å². The normalized spacial score (nSPS) is 33.4. The molecule has 10 atom stereocenters. The number of phenolic OH excluding ortho intramolecular Hbond substituents is 2. The summed E-state index contributed by atoms with van der Waals surface area (Å²) < 4.78 is 28.6. The molecule has 15 nitrogen and oxygen atoms in total. The van der Waals surface area contributed by atoms with Gasteiger partial charge >= 0.3 is 11.3 Å². The Morgan fingerprint density at radius 1 is 0.619 bits per heavy atom. The average molecular weight is 596 g/mol. The Bertz CT molecular complexity index is 1380. The van der Waals surface area contributed by atoms with Gasteiger partial charge in [0.1, 0.15) is 71.5 Å². The highest BCUT2D eigenvalue weighted by molar-refractivity contribution is 5.88. The topological polar surface area (TPSA) is 251 Å². The maximum Gasteiger partial charge on any atom is 0.402 e. The molecule has 1 aromatic heterocycles. The molecule has 10 N–H and O–H groups in total. The van der Waals surface area contributed by atoms with Crippen molar-refractivity contribution in [3.8, 4) is 34.3 Å². The van der Waals surface area contributed by atoms with E-state index in [0.29, 0.717) is 5.56 Å². The molecule has 0 bridgehead atoms. The standard InChI is InChI=1S/C27H30O15/c28-8-17-19(32)21(34)23(36)26(41-17)39-15-6-12(31)5-14-13(15)7-16(25(38-14)10-1-3-11(30)4-2-10)40-27-24(37)22(35)20(33)18(9-29)42-27/h1-7,17-24,26-29,32-37H,8-9H2,(H-,30,31)/p+1/t17-,18-,19+,20-,21+,22+,23-,24-,26-,27-/m1/s1. The number of aliphatic hydroxyl groups is 8. The van der Waals surface area contributed by atoms with Gasteiger partial charge in [0.15, 0.2) is 0 Å². The zero-order valence-corrected chi connectivity index (χ0v) is 21.7. The first kappa shape index (κ1) is 30.1. The fourth-order valence-electron chi connectivity index (χ4n) is 4.75. The van der Waals surface area contributed by atoms with Crippen LogP contribution in [0.25, 0.3) is 22.3 Å². The zero-order valence-electron chi connectivity index (χ0n) is 21.7. The van der Waals surface area contributed by atoms with Crippen molar-refractivity contribution in [1.29, 1.82) is 0 Å². The molecule has 5 rings (SSSR count). The summed E-state index contributed by atoms with van der Waals surface area (Å²) in [5.41, 5.74) is 0.368. The summed E-state index contributed by atoms with van der Waals surface area (Å²) in [5.74, 6) is -0.673. The number of aliphatic hydroxyl groups excluding tert-OH is 8. The number of rotatable bonds is 7. The van der Waals surface area contributed by atoms with Gasteiger partial charge in [0.2, 0.25) is 18.3 Å². The van der Waals surface area contributed by atoms with Crippen LogP contribution in [0.2, 0.25) is 0 Å². The molecule has 0 spiro atoms. The number of benzene rings is 2. The van der Waals surface area contributed by atoms with Crippen LogP contribution in [0.3, 0.4) is 0 Å². The van der Waals surface area contributed by atoms with Crippen LogP contribution in [0.15, 0.2) is 46.9 Å². The monoisotopic (exact) mass is 595 g/mol. The number of hydrogen-bond acceptors (Lipinski definition) is 14. The molecule has 2 saturated heterocycles. The number of aromatic hydroxyl groups is 2. The van der Waals surface area contributed by atoms with Crippen LogP contribution in [0.5, 0.6) is 23.0 Å². The Balaban J connectivity index is 1.59. The Labute approximate surface area is 237 Å². The lowest BCUT2D eigenvalue weighted by Crippen LogP contribution is -2.60. The molecule has 0 unspecified atom stereocenters. The summed E-state index contributed by atoms with van der Waals surface area (Å²) in [7, 11) is 0. The lowest BCUT2D eigenvalue weighted by molar-refractivity contribution is -0.277. The lowest BCUT2D eigenvalue weighted by Gasteiger charge is -2.39. The van der Waals surface area contributed by atoms with Crippen molar-refractivity contribution in [3.05, 3.63) is 42.5 Å². The summed E-state index contributed by atoms with van der Waals surface area (Å²) in [4.78, 5) is 0. The van der Waals surface area contributed by atoms with E-state index in [4.69, 9.17) is 23.4 Å². The fraction of sp³-hybridized carbons (Fsp3) is 0.444. The number of phenols is 2. The van der Waals surface area contributed by atoms with E-state index < -0.39 is 74.6 Å². The van der Waals surface area contributed by atoms with Crippen LogP contribution < -0.4 is 9.47 Å². The van der Waals surface area contributed by atoms with Crippen molar-refractivity contribution in [1.82, 2.24) is 0 Å². The van der Waals surface area contributed by atoms with Crippen LogP contribution in [-0.4, -0.2) is 126 Å². The van der Waals surface area contributed by atoms with E-state index in [1.54, 1.807) is 0 Å². The molecule has 2 fully saturated rings. The van der Waals surface area contributed by atoms with Gasteiger partial charge in [0, 0.05) is 12.1 Å². The SMILES string of the molecule is OC[C@H]1O[C@@H](Oc2cc(O)cc3[o+]c(-c4ccc(O)cc4)c(O[C@@H]4O[C@H](CO)[C@@H](O)[C@H](O)[C@H]4O)cc23)[C@H](O)[C@@H](O)[C@H]1O. The summed E-state index contributed by atoms with van der Waals surface area (Å²) >= 11 is 0. The third kappa shape index (κ3) is 5.67. The maximum absolute atomic E-state index is 10.6. The number of hydrogen-bond donors (Lipinski definition) is 10. The summed E-state index contributed by atoms with van der Waals surface area (Å²) in [6, 6.07) is 9.41. The van der Waals surface area contributed by atoms with Crippen molar-refractivity contribution >= 4 is 11.0 Å². The molecule has 2 aliphatic rings. The summed E-state index contributed by atoms with van der Waals surface area (Å²) in [6.45, 7) is -1.40. The molecule has 42 heavy (non-hydrogen) atoms. The maximum atomic E-state index is 10.6. The van der Waals surface area contributed by atoms with E-state index in [-0.39, 0.29) is 39.7 Å². The minimum atomic E-state index is -1.77. The summed E-state index contributed by atoms with van der Waals surface area (Å²) in [6.07, 6.45) is -16.0. The minimum absolute atomic E-state index is 0.00357. The van der Waals surface area contributed by atoms with Gasteiger partial charge in [-0.15, -0.1) is 0 Å². The van der Waals surface area contributed by atoms with Gasteiger partial charge in [0.05, 0.1) is 24.8 Å². The molecule has 0 amide bonds. The highest BCUT2D eigenvalue weighted by Crippen LogP contribution is 2.42. The molecule has 15 heteroatoms. The third-order valence-electron chi connectivity index (χ3n) is 7.11. The van der Waals surface area contributed by atoms with Gasteiger partial charge < -0.3 is 70.0 Å². The average Bonchev–Trinajstić information content (AvgIpc) is 2.98. The predicted octanol–water partition coefficient (Wildman–Crippen LogP) is -1.85. The van der Waals surface area contributed by atoms with E-state index in [9.17, 15) is 51.1 Å². The molecule has 0 radical (unpaired) electrons. The van der Waals surface area contributed by atoms with E-state index in [0.717, 1.165) is 6.07 Å². The molecular weight excluding hydrogens is 564 g/mol. The smallest absolute Gasteiger partial charge is 0.402 e. The molecule has 228 valence electrons. The molecule has 3 aromatic rings. The number of fused-ring (bicyclic) bond motifs is 1. The van der Waals surface area contributed by atoms with Gasteiger partial charge in [-0.3, -0.25) is 0 Å². The van der Waals surface area contributed by atoms with E-state index in [1.165, 1.54) is 36.4 Å². The van der Waals surface area contributed by atoms with Crippen molar-refractivity contribution in [2.24, 2.45) is 0 Å². The third-order valence-corrected chi connectivity index (χ3v) is 7.11. The Hall–Kier alpha value is -3.35. The Morgan fingerprint density at radius 3 is 1.67 bits per heavy atom. The lowest BCUT2D eigenvalue weighted by atomic mass is 9.99. The van der Waals surface area contributed by atoms with E-state index in [1.807, 2.05) is 0 Å². The highest BCUT2D eigenvalue weighted by atomic mass is 16.7. The molecule has 0 aliphatic carbocycles. The molecule has 2 aromatic carbocycles. The zero-order chi connectivity index (χ0) is 30.3. The summed E-state index contributed by atoms with van der Waals surface area (Å²) in [5, 5.41) is 101. The van der Waals surface area contributed by atoms with Gasteiger partial charge in [-0.25, -0.2) is 4.42 Å². The largest absolute Gasteiger partial charge is 0.508 e. The van der Waals surface area contributed by atoms with E-state index >= 15 is 0 Å². The van der Waals surface area contributed by atoms with Gasteiger partial charge in [-0.05, 0) is 24.3 Å². The molecular formula is C27H31O15+. The first-order chi connectivity index (χ1) is 20.0. The predicted molar refractivity (Wildman–Crippen MR) is 138 cm³/mol. The van der Waals surface area contributed by atoms with Crippen LogP contribution in [0.4, 0.5) is 0 Å². The fourth-order valence-corrected chi connectivity index (χ4v) is 4.75. The van der Waals surface area contributed by atoms with Crippen molar-refractivity contribution < 1.29 is 74.4 Å².